The number of carbonyl (C=O) groups is 6. The second-order valence-electron chi connectivity index (χ2n) is 27.4. The molecule has 4 N–H and O–H groups in total. The van der Waals surface area contributed by atoms with Crippen LogP contribution < -0.4 is 25.8 Å². The number of likely N-dealkylation sites (N-methyl/N-ethyl adjacent to an activating group) is 1. The number of ether oxygens (including phenoxy) is 3. The van der Waals surface area contributed by atoms with Crippen LogP contribution >= 0.6 is 94.1 Å². The van der Waals surface area contributed by atoms with E-state index in [9.17, 15) is 37.2 Å². The van der Waals surface area contributed by atoms with Crippen LogP contribution in [0.3, 0.4) is 0 Å². The summed E-state index contributed by atoms with van der Waals surface area (Å²) < 4.78 is 40.2. The summed E-state index contributed by atoms with van der Waals surface area (Å²) in [6.07, 6.45) is 32.0. The number of methoxy groups -OCH3 is 3. The number of pyridine rings is 2. The van der Waals surface area contributed by atoms with Crippen molar-refractivity contribution < 1.29 is 51.4 Å². The van der Waals surface area contributed by atoms with E-state index < -0.39 is 9.84 Å². The molecule has 0 bridgehead atoms. The maximum atomic E-state index is 11.9. The molecule has 0 unspecified atom stereocenters. The number of imidazole rings is 1. The highest BCUT2D eigenvalue weighted by Crippen LogP contribution is 2.27. The van der Waals surface area contributed by atoms with Gasteiger partial charge in [-0.3, -0.25) is 43.4 Å². The Morgan fingerprint density at radius 2 is 1.15 bits per heavy atom. The summed E-state index contributed by atoms with van der Waals surface area (Å²) in [5.41, 5.74) is 19.3. The molecule has 2 aliphatic heterocycles. The summed E-state index contributed by atoms with van der Waals surface area (Å²) in [5.74, 6) is 8.89. The smallest absolute Gasteiger partial charge is 0.315 e. The average Bonchev–Trinajstić information content (AvgIpc) is 1.68. The molecule has 33 heteroatoms. The molecule has 0 atom stereocenters. The van der Waals surface area contributed by atoms with Gasteiger partial charge in [0.25, 0.3) is 0 Å². The molecule has 0 aliphatic carbocycles. The zero-order chi connectivity index (χ0) is 90.3. The first-order valence-corrected chi connectivity index (χ1v) is 52.7. The minimum Gasteiger partial charge on any atom is -0.497 e. The van der Waals surface area contributed by atoms with E-state index in [1.165, 1.54) is 107 Å². The van der Waals surface area contributed by atoms with Gasteiger partial charge in [-0.25, -0.2) is 23.4 Å². The number of para-hydroxylation sites is 1. The van der Waals surface area contributed by atoms with E-state index in [2.05, 4.69) is 143 Å². The standard InChI is InChI=1S/C13H16N2S.C13H17NOS.C12H12N2OS.C12H13NO2S.C11H18N6S.C9H12O3S.C9H12OS.C8H9NOS.C4H8O2S.9CH4/c1-16-9-5-8-15-11-13(10-14-15)12-6-3-2-4-7-12;1-16-9-7-13(15)14-8-6-11-4-2-3-5-12(11)10-14;1-16-8-11(15)14-10-6-2-4-9-5-3-7-13-12(9)10;1-16-7-11(14)9-2-4-10-8(6-9)3-5-12(15)13-10;1-16(5-6-18-2)3-4-17-8-15-9-10(12)13-7-14-11(9)17;1-12-9-5-3-8(4-6-9)7-13(2,10)11;1-10-9-5-3-8(4-6-9)7-11-2;1-11-6-8(10)7-4-2-3-5-9-7;1-6-4(5)3-7-2;;;;;;;;;/h2-4,6-7,10-11H,5,8-9H2,1H3;2-5H,6-10H2,1H3;2-7H,8H2,1H3,(H,14,15);2,4,6H,3,5,7H2,1H3,(H,13,15);7-8H,3-6H2,1-2H3,(H2,12,13,14);3-6H,7H2,1-2H3;3-6H,7H2,1-2H3;2-5H,6H2,1H3;3H2,1-2H3;9*1H4. The zero-order valence-electron chi connectivity index (χ0n) is 73.0. The molecule has 6 aromatic carbocycles. The summed E-state index contributed by atoms with van der Waals surface area (Å²) in [4.78, 5) is 92.5. The predicted octanol–water partition coefficient (Wildman–Crippen LogP) is 22.7. The molecule has 11 aromatic rings. The van der Waals surface area contributed by atoms with E-state index in [0.717, 1.165) is 125 Å². The summed E-state index contributed by atoms with van der Waals surface area (Å²) in [5, 5.41) is 11.1. The molecule has 3 amide bonds. The van der Waals surface area contributed by atoms with Crippen molar-refractivity contribution in [2.45, 2.75) is 130 Å². The Bertz CT molecular complexity index is 5080. The molecule has 0 fully saturated rings. The van der Waals surface area contributed by atoms with Gasteiger partial charge in [0.1, 0.15) is 29.0 Å². The second-order valence-corrected chi connectivity index (χ2v) is 36.8. The molecule has 7 heterocycles. The number of aromatic nitrogens is 8. The number of anilines is 3. The van der Waals surface area contributed by atoms with Crippen molar-refractivity contribution in [1.29, 1.82) is 0 Å². The number of hydrogen-bond acceptors (Lipinski definition) is 27. The quantitative estimate of drug-likeness (QED) is 0.0206. The van der Waals surface area contributed by atoms with Crippen molar-refractivity contribution in [3.63, 3.8) is 0 Å². The average molecular weight is 2000 g/mol. The molecule has 2 aliphatic rings. The summed E-state index contributed by atoms with van der Waals surface area (Å²) in [6.45, 7) is 5.60. The first-order chi connectivity index (χ1) is 60.0. The Balaban J connectivity index is -0.000000462. The number of nitrogens with one attached hydrogen (secondary N) is 2. The van der Waals surface area contributed by atoms with E-state index in [1.54, 1.807) is 87.2 Å². The van der Waals surface area contributed by atoms with Crippen molar-refractivity contribution in [2.24, 2.45) is 0 Å². The highest BCUT2D eigenvalue weighted by molar-refractivity contribution is 8.00. The number of carbonyl (C=O) groups excluding carboxylic acids is 6. The number of sulfone groups is 1. The van der Waals surface area contributed by atoms with Gasteiger partial charge in [0.15, 0.2) is 32.9 Å². The van der Waals surface area contributed by atoms with Gasteiger partial charge in [-0.1, -0.05) is 170 Å². The highest BCUT2D eigenvalue weighted by Gasteiger charge is 2.21. The van der Waals surface area contributed by atoms with Gasteiger partial charge in [0.05, 0.1) is 73.8 Å². The van der Waals surface area contributed by atoms with Crippen molar-refractivity contribution in [2.75, 3.05) is 161 Å². The van der Waals surface area contributed by atoms with E-state index in [1.807, 2.05) is 154 Å². The first kappa shape index (κ1) is 132. The van der Waals surface area contributed by atoms with Crippen LogP contribution in [-0.2, 0) is 77.7 Å². The van der Waals surface area contributed by atoms with E-state index >= 15 is 0 Å². The number of fused-ring (bicyclic) bond motifs is 4. The SMILES string of the molecule is C.C.C.C.C.C.C.C.C.COC(=O)CSC.COc1ccc(CS(C)(=O)=O)cc1.COc1ccc(CSC)cc1.CSCC(=O)Nc1cccc2cccnc12.CSCC(=O)c1ccc2c(c1)CCC(=O)N2.CSCC(=O)c1ccccn1.CSCCC(=O)N1CCc2ccccc2C1.CSCCCn1cc(-c2ccccc2)cn1.CSCCN(C)CCn1cnc2c(N)ncnc21. The number of amides is 3. The molecule has 0 radical (unpaired) electrons. The Hall–Kier alpha value is -9.03. The fourth-order valence-electron chi connectivity index (χ4n) is 11.5. The third kappa shape index (κ3) is 52.0. The number of benzene rings is 6. The van der Waals surface area contributed by atoms with Crippen LogP contribution in [-0.4, -0.2) is 237 Å². The van der Waals surface area contributed by atoms with Crippen LogP contribution in [0.2, 0.25) is 0 Å². The zero-order valence-corrected chi connectivity index (χ0v) is 80.3. The molecule has 5 aromatic heterocycles. The largest absolute Gasteiger partial charge is 0.497 e. The highest BCUT2D eigenvalue weighted by atomic mass is 32.2. The van der Waals surface area contributed by atoms with Gasteiger partial charge in [0.2, 0.25) is 17.7 Å². The maximum absolute atomic E-state index is 11.9. The normalized spacial score (nSPS) is 10.7. The Kier molecular flexibility index (Phi) is 76.8. The second kappa shape index (κ2) is 77.2. The number of nitrogen functional groups attached to an aromatic ring is 1. The molecule has 0 saturated heterocycles. The predicted molar refractivity (Wildman–Crippen MR) is 589 cm³/mol. The molecular formula is C100H153N13O11S9. The number of esters is 1. The lowest BCUT2D eigenvalue weighted by atomic mass is 9.99. The van der Waals surface area contributed by atoms with Gasteiger partial charge in [-0.2, -0.15) is 99.2 Å². The molecule has 0 spiro atoms. The minimum atomic E-state index is -2.94. The molecule has 0 saturated carbocycles. The number of rotatable bonds is 31. The van der Waals surface area contributed by atoms with Crippen molar-refractivity contribution in [3.8, 4) is 22.6 Å². The van der Waals surface area contributed by atoms with E-state index in [4.69, 9.17) is 15.2 Å². The molecule has 13 rings (SSSR count). The number of hydrogen-bond donors (Lipinski definition) is 3. The van der Waals surface area contributed by atoms with Crippen molar-refractivity contribution >= 4 is 178 Å². The fourth-order valence-corrected chi connectivity index (χ4v) is 15.6. The van der Waals surface area contributed by atoms with Crippen molar-refractivity contribution in [3.05, 3.63) is 246 Å². The number of Topliss-reactive ketones (excluding diaryl/α,β-unsaturated/α-hetero) is 2. The maximum Gasteiger partial charge on any atom is 0.315 e. The summed E-state index contributed by atoms with van der Waals surface area (Å²) in [7, 11) is 3.83. The summed E-state index contributed by atoms with van der Waals surface area (Å²) >= 11 is 13.3. The van der Waals surface area contributed by atoms with Crippen LogP contribution in [0.5, 0.6) is 11.5 Å². The van der Waals surface area contributed by atoms with Crippen LogP contribution in [0.4, 0.5) is 17.2 Å². The third-order valence-electron chi connectivity index (χ3n) is 17.9. The Labute approximate surface area is 832 Å². The lowest BCUT2D eigenvalue weighted by molar-refractivity contribution is -0.137. The number of nitrogens with two attached hydrogens (primary N) is 1. The van der Waals surface area contributed by atoms with Gasteiger partial charge in [0, 0.05) is 116 Å². The number of nitrogens with zero attached hydrogens (tertiary/aromatic N) is 10. The monoisotopic (exact) mass is 2000 g/mol. The lowest BCUT2D eigenvalue weighted by Crippen LogP contribution is -2.36. The van der Waals surface area contributed by atoms with E-state index in [0.29, 0.717) is 58.8 Å². The van der Waals surface area contributed by atoms with Gasteiger partial charge >= 0.3 is 5.97 Å². The van der Waals surface area contributed by atoms with Crippen LogP contribution in [0.1, 0.15) is 135 Å². The molecule has 133 heavy (non-hydrogen) atoms. The Morgan fingerprint density at radius 1 is 0.549 bits per heavy atom. The lowest BCUT2D eigenvalue weighted by Gasteiger charge is -2.28. The van der Waals surface area contributed by atoms with Crippen molar-refractivity contribution in [1.82, 2.24) is 49.1 Å². The van der Waals surface area contributed by atoms with Crippen LogP contribution in [0.25, 0.3) is 33.2 Å². The molecule has 24 nitrogen and oxygen atoms in total. The first-order valence-electron chi connectivity index (χ1n) is 39.5. The minimum absolute atomic E-state index is 0. The Morgan fingerprint density at radius 3 is 1.74 bits per heavy atom. The van der Waals surface area contributed by atoms with E-state index in [-0.39, 0.29) is 102 Å². The molecular weight excluding hydrogens is 1850 g/mol. The number of thioether (sulfide) groups is 8. The van der Waals surface area contributed by atoms with Crippen LogP contribution in [0.15, 0.2) is 207 Å². The number of aryl methyl sites for hydroxylation is 2. The van der Waals surface area contributed by atoms with Gasteiger partial charge in [-0.05, 0) is 182 Å². The van der Waals surface area contributed by atoms with Gasteiger partial charge < -0.3 is 44.9 Å². The van der Waals surface area contributed by atoms with Crippen LogP contribution in [0, 0.1) is 0 Å². The number of ketones is 2. The fraction of sp³-hybridized carbons (Fsp3) is 0.420. The van der Waals surface area contributed by atoms with Gasteiger partial charge in [-0.15, -0.1) is 0 Å². The topological polar surface area (TPSA) is 308 Å². The molecule has 738 valence electrons. The third-order valence-corrected chi connectivity index (χ3v) is 23.4. The summed E-state index contributed by atoms with van der Waals surface area (Å²) in [6, 6.07) is 54.4.